The topological polar surface area (TPSA) is 32.5 Å². The van der Waals surface area contributed by atoms with E-state index in [2.05, 4.69) is 30.0 Å². The monoisotopic (exact) mass is 193 g/mol. The maximum atomic E-state index is 5.55. The molecule has 0 aromatic carbocycles. The quantitative estimate of drug-likeness (QED) is 0.672. The number of nitrogens with zero attached hydrogens (tertiary/aromatic N) is 2. The zero-order chi connectivity index (χ0) is 10.6. The largest absolute Gasteiger partial charge is 0.399 e. The molecule has 1 heterocycles. The minimum Gasteiger partial charge on any atom is -0.399 e. The summed E-state index contributed by atoms with van der Waals surface area (Å²) < 4.78 is 0. The second-order valence-corrected chi connectivity index (χ2v) is 3.64. The lowest BCUT2D eigenvalue weighted by atomic mass is 10.2. The van der Waals surface area contributed by atoms with E-state index in [1.54, 1.807) is 0 Å². The van der Waals surface area contributed by atoms with Gasteiger partial charge in [0.25, 0.3) is 0 Å². The number of rotatable bonds is 3. The Morgan fingerprint density at radius 2 is 1.86 bits per heavy atom. The van der Waals surface area contributed by atoms with Gasteiger partial charge in [0, 0.05) is 37.6 Å². The molecule has 0 aromatic rings. The molecule has 14 heavy (non-hydrogen) atoms. The molecule has 0 unspecified atom stereocenters. The molecule has 0 aliphatic carbocycles. The Labute approximate surface area is 86.2 Å². The van der Waals surface area contributed by atoms with Crippen molar-refractivity contribution in [2.24, 2.45) is 5.73 Å². The van der Waals surface area contributed by atoms with Crippen molar-refractivity contribution < 1.29 is 0 Å². The van der Waals surface area contributed by atoms with E-state index in [9.17, 15) is 0 Å². The minimum absolute atomic E-state index is 0.582. The molecule has 0 aromatic heterocycles. The van der Waals surface area contributed by atoms with Crippen molar-refractivity contribution in [1.82, 2.24) is 9.80 Å². The lowest BCUT2D eigenvalue weighted by molar-refractivity contribution is 0.190. The zero-order valence-electron chi connectivity index (χ0n) is 8.87. The highest BCUT2D eigenvalue weighted by atomic mass is 15.2. The van der Waals surface area contributed by atoms with Gasteiger partial charge in [-0.2, -0.15) is 0 Å². The molecule has 1 fully saturated rings. The van der Waals surface area contributed by atoms with Gasteiger partial charge in [-0.15, -0.1) is 0 Å². The van der Waals surface area contributed by atoms with Crippen LogP contribution < -0.4 is 5.73 Å². The highest BCUT2D eigenvalue weighted by molar-refractivity contribution is 5.25. The van der Waals surface area contributed by atoms with E-state index in [-0.39, 0.29) is 0 Å². The van der Waals surface area contributed by atoms with Crippen molar-refractivity contribution in [3.63, 3.8) is 0 Å². The number of piperazine rings is 1. The van der Waals surface area contributed by atoms with E-state index in [0.29, 0.717) is 5.70 Å². The van der Waals surface area contributed by atoms with Crippen LogP contribution in [0.3, 0.4) is 0 Å². The molecule has 0 bridgehead atoms. The number of hydrogen-bond acceptors (Lipinski definition) is 3. The summed E-state index contributed by atoms with van der Waals surface area (Å²) >= 11 is 0. The number of likely N-dealkylation sites (N-methyl/N-ethyl adjacent to an activating group) is 1. The van der Waals surface area contributed by atoms with Crippen molar-refractivity contribution in [2.75, 3.05) is 33.2 Å². The summed E-state index contributed by atoms with van der Waals surface area (Å²) in [7, 11) is 2.14. The first-order chi connectivity index (χ1) is 6.63. The van der Waals surface area contributed by atoms with Gasteiger partial charge < -0.3 is 15.5 Å². The van der Waals surface area contributed by atoms with Gasteiger partial charge in [-0.3, -0.25) is 0 Å². The van der Waals surface area contributed by atoms with Crippen molar-refractivity contribution in [3.05, 3.63) is 36.7 Å². The van der Waals surface area contributed by atoms with Crippen LogP contribution in [0.2, 0.25) is 0 Å². The van der Waals surface area contributed by atoms with Gasteiger partial charge in [0.05, 0.1) is 0 Å². The van der Waals surface area contributed by atoms with E-state index >= 15 is 0 Å². The third-order valence-corrected chi connectivity index (χ3v) is 2.41. The fourth-order valence-corrected chi connectivity index (χ4v) is 1.53. The van der Waals surface area contributed by atoms with Crippen molar-refractivity contribution >= 4 is 0 Å². The first kappa shape index (κ1) is 10.9. The van der Waals surface area contributed by atoms with Gasteiger partial charge in [-0.25, -0.2) is 0 Å². The normalized spacial score (nSPS) is 19.5. The SMILES string of the molecule is C=C/C(=C\C(=C)N)N1CCN(C)CC1. The van der Waals surface area contributed by atoms with Crippen LogP contribution in [0.25, 0.3) is 0 Å². The van der Waals surface area contributed by atoms with Crippen molar-refractivity contribution in [3.8, 4) is 0 Å². The summed E-state index contributed by atoms with van der Waals surface area (Å²) in [5.41, 5.74) is 7.20. The first-order valence-corrected chi connectivity index (χ1v) is 4.85. The predicted molar refractivity (Wildman–Crippen MR) is 60.7 cm³/mol. The molecule has 1 rings (SSSR count). The molecule has 1 saturated heterocycles. The van der Waals surface area contributed by atoms with E-state index < -0.39 is 0 Å². The molecule has 0 atom stereocenters. The van der Waals surface area contributed by atoms with E-state index in [1.165, 1.54) is 0 Å². The number of allylic oxidation sites excluding steroid dienone is 2. The predicted octanol–water partition coefficient (Wildman–Crippen LogP) is 0.776. The third kappa shape index (κ3) is 2.92. The average Bonchev–Trinajstić information content (AvgIpc) is 2.15. The summed E-state index contributed by atoms with van der Waals surface area (Å²) in [6.07, 6.45) is 3.71. The first-order valence-electron chi connectivity index (χ1n) is 4.85. The highest BCUT2D eigenvalue weighted by Crippen LogP contribution is 2.10. The summed E-state index contributed by atoms with van der Waals surface area (Å²) in [5, 5.41) is 0. The Morgan fingerprint density at radius 3 is 2.29 bits per heavy atom. The molecule has 3 nitrogen and oxygen atoms in total. The summed E-state index contributed by atoms with van der Waals surface area (Å²) in [4.78, 5) is 4.60. The van der Waals surface area contributed by atoms with Gasteiger partial charge in [0.1, 0.15) is 0 Å². The Bertz CT molecular complexity index is 247. The molecule has 0 saturated carbocycles. The zero-order valence-corrected chi connectivity index (χ0v) is 8.87. The molecule has 3 heteroatoms. The molecule has 1 aliphatic rings. The molecule has 78 valence electrons. The molecular weight excluding hydrogens is 174 g/mol. The van der Waals surface area contributed by atoms with Gasteiger partial charge in [0.2, 0.25) is 0 Å². The number of nitrogens with two attached hydrogens (primary N) is 1. The van der Waals surface area contributed by atoms with Gasteiger partial charge in [-0.05, 0) is 19.2 Å². The second kappa shape index (κ2) is 4.86. The van der Waals surface area contributed by atoms with Gasteiger partial charge in [-0.1, -0.05) is 13.2 Å². The molecular formula is C11H19N3. The van der Waals surface area contributed by atoms with E-state index in [0.717, 1.165) is 31.9 Å². The molecule has 2 N–H and O–H groups in total. The Morgan fingerprint density at radius 1 is 1.29 bits per heavy atom. The minimum atomic E-state index is 0.582. The van der Waals surface area contributed by atoms with Gasteiger partial charge in [0.15, 0.2) is 0 Å². The summed E-state index contributed by atoms with van der Waals surface area (Å²) in [5.74, 6) is 0. The van der Waals surface area contributed by atoms with Crippen LogP contribution in [-0.2, 0) is 0 Å². The summed E-state index contributed by atoms with van der Waals surface area (Å²) in [6, 6.07) is 0. The van der Waals surface area contributed by atoms with Crippen LogP contribution in [0.5, 0.6) is 0 Å². The van der Waals surface area contributed by atoms with Crippen LogP contribution in [0.1, 0.15) is 0 Å². The maximum absolute atomic E-state index is 5.55. The lowest BCUT2D eigenvalue weighted by Crippen LogP contribution is -2.43. The van der Waals surface area contributed by atoms with Crippen LogP contribution in [-0.4, -0.2) is 43.0 Å². The number of hydrogen-bond donors (Lipinski definition) is 1. The standard InChI is InChI=1S/C11H19N3/c1-4-11(9-10(2)12)14-7-5-13(3)6-8-14/h4,9H,1-2,5-8,12H2,3H3/b11-9+. The Kier molecular flexibility index (Phi) is 3.77. The van der Waals surface area contributed by atoms with Crippen LogP contribution in [0.15, 0.2) is 36.7 Å². The molecule has 1 aliphatic heterocycles. The van der Waals surface area contributed by atoms with Gasteiger partial charge >= 0.3 is 0 Å². The highest BCUT2D eigenvalue weighted by Gasteiger charge is 2.14. The van der Waals surface area contributed by atoms with E-state index in [1.807, 2.05) is 12.2 Å². The van der Waals surface area contributed by atoms with E-state index in [4.69, 9.17) is 5.73 Å². The third-order valence-electron chi connectivity index (χ3n) is 2.41. The Hall–Kier alpha value is -1.22. The summed E-state index contributed by atoms with van der Waals surface area (Å²) in [6.45, 7) is 11.7. The molecule has 0 amide bonds. The molecule has 0 spiro atoms. The smallest absolute Gasteiger partial charge is 0.0381 e. The van der Waals surface area contributed by atoms with Crippen molar-refractivity contribution in [2.45, 2.75) is 0 Å². The fraction of sp³-hybridized carbons (Fsp3) is 0.455. The molecule has 0 radical (unpaired) electrons. The second-order valence-electron chi connectivity index (χ2n) is 3.64. The average molecular weight is 193 g/mol. The van der Waals surface area contributed by atoms with Crippen molar-refractivity contribution in [1.29, 1.82) is 0 Å². The van der Waals surface area contributed by atoms with Crippen LogP contribution >= 0.6 is 0 Å². The Balaban J connectivity index is 2.62. The van der Waals surface area contributed by atoms with Crippen LogP contribution in [0.4, 0.5) is 0 Å². The lowest BCUT2D eigenvalue weighted by Gasteiger charge is -2.34. The maximum Gasteiger partial charge on any atom is 0.0381 e. The fourth-order valence-electron chi connectivity index (χ4n) is 1.53. The van der Waals surface area contributed by atoms with Crippen LogP contribution in [0, 0.1) is 0 Å².